The lowest BCUT2D eigenvalue weighted by Crippen LogP contribution is -2.36. The van der Waals surface area contributed by atoms with Crippen molar-refractivity contribution >= 4 is 21.8 Å². The molecule has 3 nitrogen and oxygen atoms in total. The monoisotopic (exact) mass is 286 g/mol. The van der Waals surface area contributed by atoms with E-state index in [-0.39, 0.29) is 16.4 Å². The minimum atomic E-state index is -0.419. The van der Waals surface area contributed by atoms with Crippen molar-refractivity contribution in [1.82, 2.24) is 10.6 Å². The highest BCUT2D eigenvalue weighted by molar-refractivity contribution is 9.10. The van der Waals surface area contributed by atoms with Gasteiger partial charge in [-0.1, -0.05) is 6.07 Å². The molecule has 16 heavy (non-hydrogen) atoms. The van der Waals surface area contributed by atoms with Gasteiger partial charge in [0.1, 0.15) is 5.82 Å². The summed E-state index contributed by atoms with van der Waals surface area (Å²) >= 11 is 3.08. The second kappa shape index (κ2) is 4.93. The van der Waals surface area contributed by atoms with Crippen LogP contribution in [0.5, 0.6) is 0 Å². The number of nitrogens with one attached hydrogen (secondary N) is 2. The summed E-state index contributed by atoms with van der Waals surface area (Å²) in [4.78, 5) is 11.8. The van der Waals surface area contributed by atoms with Crippen molar-refractivity contribution in [2.45, 2.75) is 12.5 Å². The summed E-state index contributed by atoms with van der Waals surface area (Å²) in [5, 5.41) is 6.02. The third kappa shape index (κ3) is 2.41. The second-order valence-corrected chi connectivity index (χ2v) is 4.56. The molecule has 0 radical (unpaired) electrons. The van der Waals surface area contributed by atoms with Gasteiger partial charge in [-0.15, -0.1) is 0 Å². The summed E-state index contributed by atoms with van der Waals surface area (Å²) < 4.78 is 13.4. The van der Waals surface area contributed by atoms with Gasteiger partial charge in [-0.2, -0.15) is 0 Å². The maximum absolute atomic E-state index is 13.2. The molecule has 2 rings (SSSR count). The van der Waals surface area contributed by atoms with Crippen LogP contribution in [0.15, 0.2) is 22.7 Å². The van der Waals surface area contributed by atoms with E-state index >= 15 is 0 Å². The lowest BCUT2D eigenvalue weighted by molar-refractivity contribution is 0.0938. The Balaban J connectivity index is 2.11. The molecule has 0 saturated carbocycles. The van der Waals surface area contributed by atoms with Crippen molar-refractivity contribution in [1.29, 1.82) is 0 Å². The zero-order valence-electron chi connectivity index (χ0n) is 8.59. The van der Waals surface area contributed by atoms with Gasteiger partial charge in [-0.25, -0.2) is 4.39 Å². The van der Waals surface area contributed by atoms with Crippen LogP contribution in [-0.4, -0.2) is 25.0 Å². The van der Waals surface area contributed by atoms with Gasteiger partial charge in [0, 0.05) is 12.6 Å². The number of halogens is 2. The minimum Gasteiger partial charge on any atom is -0.348 e. The lowest BCUT2D eigenvalue weighted by Gasteiger charge is -2.12. The second-order valence-electron chi connectivity index (χ2n) is 3.76. The van der Waals surface area contributed by atoms with E-state index in [1.165, 1.54) is 12.1 Å². The largest absolute Gasteiger partial charge is 0.348 e. The molecule has 1 atom stereocenters. The van der Waals surface area contributed by atoms with Gasteiger partial charge in [0.25, 0.3) is 5.91 Å². The molecule has 1 heterocycles. The average Bonchev–Trinajstić information content (AvgIpc) is 2.74. The van der Waals surface area contributed by atoms with Crippen molar-refractivity contribution in [2.75, 3.05) is 13.1 Å². The molecular formula is C11H12BrFN2O. The van der Waals surface area contributed by atoms with Crippen LogP contribution in [0.1, 0.15) is 16.8 Å². The van der Waals surface area contributed by atoms with Crippen LogP contribution in [0.4, 0.5) is 4.39 Å². The highest BCUT2D eigenvalue weighted by Gasteiger charge is 2.19. The van der Waals surface area contributed by atoms with Gasteiger partial charge in [0.2, 0.25) is 0 Å². The van der Waals surface area contributed by atoms with Crippen LogP contribution in [0, 0.1) is 5.82 Å². The van der Waals surface area contributed by atoms with Crippen LogP contribution in [0.3, 0.4) is 0 Å². The van der Waals surface area contributed by atoms with Crippen LogP contribution in [0.25, 0.3) is 0 Å². The third-order valence-corrected chi connectivity index (χ3v) is 3.40. The van der Waals surface area contributed by atoms with E-state index in [9.17, 15) is 9.18 Å². The van der Waals surface area contributed by atoms with Crippen molar-refractivity contribution in [3.8, 4) is 0 Å². The maximum atomic E-state index is 13.2. The Kier molecular flexibility index (Phi) is 3.56. The zero-order chi connectivity index (χ0) is 11.5. The molecule has 1 saturated heterocycles. The summed E-state index contributed by atoms with van der Waals surface area (Å²) in [6, 6.07) is 4.59. The molecular weight excluding hydrogens is 275 g/mol. The molecule has 86 valence electrons. The molecule has 0 aromatic heterocycles. The predicted molar refractivity (Wildman–Crippen MR) is 62.8 cm³/mol. The molecule has 1 fully saturated rings. The van der Waals surface area contributed by atoms with E-state index in [0.29, 0.717) is 5.56 Å². The normalized spacial score (nSPS) is 19.8. The fraction of sp³-hybridized carbons (Fsp3) is 0.364. The van der Waals surface area contributed by atoms with Gasteiger partial charge in [-0.3, -0.25) is 4.79 Å². The van der Waals surface area contributed by atoms with E-state index in [1.54, 1.807) is 6.07 Å². The van der Waals surface area contributed by atoms with E-state index in [2.05, 4.69) is 26.6 Å². The summed E-state index contributed by atoms with van der Waals surface area (Å²) in [5.41, 5.74) is 0.340. The molecule has 1 amide bonds. The molecule has 2 N–H and O–H groups in total. The molecule has 5 heteroatoms. The SMILES string of the molecule is O=C(N[C@H]1CCNC1)c1cccc(F)c1Br. The number of hydrogen-bond donors (Lipinski definition) is 2. The van der Waals surface area contributed by atoms with Crippen LogP contribution < -0.4 is 10.6 Å². The smallest absolute Gasteiger partial charge is 0.252 e. The Morgan fingerprint density at radius 2 is 2.38 bits per heavy atom. The van der Waals surface area contributed by atoms with Gasteiger partial charge < -0.3 is 10.6 Å². The lowest BCUT2D eigenvalue weighted by atomic mass is 10.2. The number of carbonyl (C=O) groups excluding carboxylic acids is 1. The number of benzene rings is 1. The van der Waals surface area contributed by atoms with E-state index < -0.39 is 5.82 Å². The third-order valence-electron chi connectivity index (χ3n) is 2.59. The first-order chi connectivity index (χ1) is 7.68. The number of amides is 1. The fourth-order valence-electron chi connectivity index (χ4n) is 1.72. The quantitative estimate of drug-likeness (QED) is 0.869. The van der Waals surface area contributed by atoms with Crippen molar-refractivity contribution in [2.24, 2.45) is 0 Å². The summed E-state index contributed by atoms with van der Waals surface area (Å²) in [5.74, 6) is -0.655. The first-order valence-corrected chi connectivity index (χ1v) is 5.93. The molecule has 0 bridgehead atoms. The first kappa shape index (κ1) is 11.5. The van der Waals surface area contributed by atoms with Crippen LogP contribution in [-0.2, 0) is 0 Å². The Morgan fingerprint density at radius 3 is 3.06 bits per heavy atom. The van der Waals surface area contributed by atoms with Crippen LogP contribution in [0.2, 0.25) is 0 Å². The molecule has 1 aliphatic rings. The first-order valence-electron chi connectivity index (χ1n) is 5.14. The Bertz CT molecular complexity index is 405. The van der Waals surface area contributed by atoms with Crippen molar-refractivity contribution < 1.29 is 9.18 Å². The summed E-state index contributed by atoms with van der Waals surface area (Å²) in [7, 11) is 0. The Hall–Kier alpha value is -0.940. The molecule has 0 aliphatic carbocycles. The van der Waals surface area contributed by atoms with Crippen molar-refractivity contribution in [3.05, 3.63) is 34.1 Å². The summed E-state index contributed by atoms with van der Waals surface area (Å²) in [6.07, 6.45) is 0.915. The van der Waals surface area contributed by atoms with Gasteiger partial charge in [-0.05, 0) is 41.0 Å². The standard InChI is InChI=1S/C11H12BrFN2O/c12-10-8(2-1-3-9(10)13)11(16)15-7-4-5-14-6-7/h1-3,7,14H,4-6H2,(H,15,16)/t7-/m0/s1. The predicted octanol–water partition coefficient (Wildman–Crippen LogP) is 1.68. The van der Waals surface area contributed by atoms with Crippen LogP contribution >= 0.6 is 15.9 Å². The Morgan fingerprint density at radius 1 is 1.56 bits per heavy atom. The highest BCUT2D eigenvalue weighted by atomic mass is 79.9. The maximum Gasteiger partial charge on any atom is 0.252 e. The Labute approximate surface area is 102 Å². The number of carbonyl (C=O) groups is 1. The fourth-order valence-corrected chi connectivity index (χ4v) is 2.16. The molecule has 0 unspecified atom stereocenters. The number of hydrogen-bond acceptors (Lipinski definition) is 2. The minimum absolute atomic E-state index is 0.141. The van der Waals surface area contributed by atoms with Gasteiger partial charge >= 0.3 is 0 Å². The topological polar surface area (TPSA) is 41.1 Å². The zero-order valence-corrected chi connectivity index (χ0v) is 10.2. The van der Waals surface area contributed by atoms with Gasteiger partial charge in [0.05, 0.1) is 10.0 Å². The van der Waals surface area contributed by atoms with E-state index in [4.69, 9.17) is 0 Å². The molecule has 1 aliphatic heterocycles. The summed E-state index contributed by atoms with van der Waals surface area (Å²) in [6.45, 7) is 1.69. The van der Waals surface area contributed by atoms with E-state index in [1.807, 2.05) is 0 Å². The van der Waals surface area contributed by atoms with Crippen molar-refractivity contribution in [3.63, 3.8) is 0 Å². The van der Waals surface area contributed by atoms with Gasteiger partial charge in [0.15, 0.2) is 0 Å². The molecule has 0 spiro atoms. The van der Waals surface area contributed by atoms with E-state index in [0.717, 1.165) is 19.5 Å². The molecule has 1 aromatic carbocycles. The average molecular weight is 287 g/mol. The molecule has 1 aromatic rings. The number of rotatable bonds is 2. The highest BCUT2D eigenvalue weighted by Crippen LogP contribution is 2.20.